The maximum Gasteiger partial charge on any atom is 0.408 e. The van der Waals surface area contributed by atoms with Gasteiger partial charge in [-0.3, -0.25) is 19.2 Å². The van der Waals surface area contributed by atoms with Crippen molar-refractivity contribution in [2.24, 2.45) is 0 Å². The smallest absolute Gasteiger partial charge is 0.408 e. The molecule has 0 unspecified atom stereocenters. The lowest BCUT2D eigenvalue weighted by atomic mass is 9.89. The maximum atomic E-state index is 13.0. The SMILES string of the molecule is CC(=O)OC[C@H]1O[C@@H](c2ccc(C[C@H](NC(=O)OC(C)(C)C)C(=O)OC(C)(C)C)cc2)[C@H](OC(C)=O)[C@@H](OC(C)=O)[C@@H]1OC(C)=O. The molecule has 256 valence electrons. The minimum atomic E-state index is -1.32. The second kappa shape index (κ2) is 15.9. The number of esters is 5. The summed E-state index contributed by atoms with van der Waals surface area (Å²) in [6.45, 7) is 14.5. The van der Waals surface area contributed by atoms with Gasteiger partial charge in [-0.2, -0.15) is 0 Å². The van der Waals surface area contributed by atoms with Crippen molar-refractivity contribution in [3.63, 3.8) is 0 Å². The molecule has 46 heavy (non-hydrogen) atoms. The number of amides is 1. The summed E-state index contributed by atoms with van der Waals surface area (Å²) in [5, 5.41) is 2.58. The van der Waals surface area contributed by atoms with E-state index >= 15 is 0 Å². The van der Waals surface area contributed by atoms with E-state index < -0.39 is 83.7 Å². The van der Waals surface area contributed by atoms with Crippen molar-refractivity contribution in [3.8, 4) is 0 Å². The van der Waals surface area contributed by atoms with Gasteiger partial charge in [0.05, 0.1) is 0 Å². The molecule has 0 aliphatic carbocycles. The number of rotatable bonds is 10. The van der Waals surface area contributed by atoms with Gasteiger partial charge in [0.25, 0.3) is 0 Å². The monoisotopic (exact) mass is 651 g/mol. The van der Waals surface area contributed by atoms with Crippen LogP contribution < -0.4 is 5.32 Å². The average Bonchev–Trinajstić information content (AvgIpc) is 2.87. The van der Waals surface area contributed by atoms with Crippen LogP contribution >= 0.6 is 0 Å². The summed E-state index contributed by atoms with van der Waals surface area (Å²) < 4.78 is 38.7. The second-order valence-corrected chi connectivity index (χ2v) is 12.8. The van der Waals surface area contributed by atoms with Gasteiger partial charge in [-0.05, 0) is 52.7 Å². The van der Waals surface area contributed by atoms with Gasteiger partial charge in [0.15, 0.2) is 18.3 Å². The van der Waals surface area contributed by atoms with Crippen LogP contribution in [0.1, 0.15) is 86.5 Å². The highest BCUT2D eigenvalue weighted by molar-refractivity contribution is 5.82. The highest BCUT2D eigenvalue weighted by Crippen LogP contribution is 2.38. The maximum absolute atomic E-state index is 13.0. The topological polar surface area (TPSA) is 179 Å². The lowest BCUT2D eigenvalue weighted by Crippen LogP contribution is -2.59. The van der Waals surface area contributed by atoms with Crippen molar-refractivity contribution in [3.05, 3.63) is 35.4 Å². The Hall–Kier alpha value is -4.20. The molecule has 1 aromatic rings. The molecule has 1 aliphatic heterocycles. The van der Waals surface area contributed by atoms with Crippen LogP contribution in [0.25, 0.3) is 0 Å². The molecule has 1 aliphatic rings. The molecule has 1 saturated heterocycles. The predicted molar refractivity (Wildman–Crippen MR) is 160 cm³/mol. The van der Waals surface area contributed by atoms with Gasteiger partial charge < -0.3 is 38.5 Å². The zero-order valence-corrected chi connectivity index (χ0v) is 28.0. The molecule has 1 fully saturated rings. The molecule has 1 aromatic carbocycles. The number of hydrogen-bond donors (Lipinski definition) is 1. The van der Waals surface area contributed by atoms with Crippen LogP contribution in [-0.2, 0) is 63.6 Å². The molecular formula is C32H45NO13. The first-order valence-electron chi connectivity index (χ1n) is 14.8. The highest BCUT2D eigenvalue weighted by Gasteiger charge is 2.52. The number of nitrogens with one attached hydrogen (secondary N) is 1. The summed E-state index contributed by atoms with van der Waals surface area (Å²) in [4.78, 5) is 73.5. The van der Waals surface area contributed by atoms with Gasteiger partial charge in [-0.25, -0.2) is 9.59 Å². The van der Waals surface area contributed by atoms with E-state index in [1.54, 1.807) is 65.8 Å². The Balaban J connectivity index is 2.47. The van der Waals surface area contributed by atoms with Crippen molar-refractivity contribution in [1.29, 1.82) is 0 Å². The molecule has 1 N–H and O–H groups in total. The van der Waals surface area contributed by atoms with E-state index in [1.807, 2.05) is 0 Å². The first kappa shape index (κ1) is 38.0. The molecule has 0 bridgehead atoms. The fourth-order valence-electron chi connectivity index (χ4n) is 4.59. The summed E-state index contributed by atoms with van der Waals surface area (Å²) in [6, 6.07) is 5.51. The Morgan fingerprint density at radius 2 is 1.22 bits per heavy atom. The molecule has 1 heterocycles. The quantitative estimate of drug-likeness (QED) is 0.288. The first-order chi connectivity index (χ1) is 21.1. The third-order valence-electron chi connectivity index (χ3n) is 6.12. The standard InChI is InChI=1S/C32H45NO13/c1-17(34)40-16-24-26(41-18(2)35)28(43-20(4)37)27(42-19(3)36)25(44-24)22-13-11-21(12-14-22)15-23(29(38)45-31(5,6)7)33-30(39)46-32(8,9)10/h11-14,23-28H,15-16H2,1-10H3,(H,33,39)/t23-,24+,25-,26+,27-,28-/m0/s1. The van der Waals surface area contributed by atoms with Crippen LogP contribution in [-0.4, -0.2) is 84.2 Å². The molecule has 0 saturated carbocycles. The van der Waals surface area contributed by atoms with Gasteiger partial charge in [0, 0.05) is 34.1 Å². The zero-order valence-electron chi connectivity index (χ0n) is 28.0. The summed E-state index contributed by atoms with van der Waals surface area (Å²) in [5.74, 6) is -3.49. The average molecular weight is 652 g/mol. The van der Waals surface area contributed by atoms with Crippen LogP contribution in [0.3, 0.4) is 0 Å². The minimum absolute atomic E-state index is 0.0347. The molecule has 2 rings (SSSR count). The highest BCUT2D eigenvalue weighted by atomic mass is 16.7. The molecule has 0 spiro atoms. The van der Waals surface area contributed by atoms with Gasteiger partial charge in [0.1, 0.15) is 36.1 Å². The number of benzene rings is 1. The van der Waals surface area contributed by atoms with Crippen LogP contribution in [0.4, 0.5) is 4.79 Å². The van der Waals surface area contributed by atoms with E-state index in [2.05, 4.69) is 5.32 Å². The lowest BCUT2D eigenvalue weighted by molar-refractivity contribution is -0.254. The number of ether oxygens (including phenoxy) is 7. The Kier molecular flexibility index (Phi) is 13.1. The Morgan fingerprint density at radius 1 is 0.717 bits per heavy atom. The molecule has 0 aromatic heterocycles. The lowest BCUT2D eigenvalue weighted by Gasteiger charge is -2.44. The van der Waals surface area contributed by atoms with Gasteiger partial charge in [-0.15, -0.1) is 0 Å². The van der Waals surface area contributed by atoms with Crippen molar-refractivity contribution < 1.29 is 61.9 Å². The molecular weight excluding hydrogens is 606 g/mol. The first-order valence-corrected chi connectivity index (χ1v) is 14.8. The summed E-state index contributed by atoms with van der Waals surface area (Å²) >= 11 is 0. The predicted octanol–water partition coefficient (Wildman–Crippen LogP) is 3.26. The number of hydrogen-bond acceptors (Lipinski definition) is 13. The van der Waals surface area contributed by atoms with Gasteiger partial charge in [-0.1, -0.05) is 24.3 Å². The van der Waals surface area contributed by atoms with Crippen molar-refractivity contribution >= 4 is 35.9 Å². The van der Waals surface area contributed by atoms with E-state index in [-0.39, 0.29) is 13.0 Å². The summed E-state index contributed by atoms with van der Waals surface area (Å²) in [5.41, 5.74) is -0.547. The summed E-state index contributed by atoms with van der Waals surface area (Å²) in [6.07, 6.45) is -6.81. The fraction of sp³-hybridized carbons (Fsp3) is 0.625. The number of carbonyl (C=O) groups excluding carboxylic acids is 6. The van der Waals surface area contributed by atoms with Crippen molar-refractivity contribution in [1.82, 2.24) is 5.32 Å². The molecule has 6 atom stereocenters. The van der Waals surface area contributed by atoms with Crippen molar-refractivity contribution in [2.75, 3.05) is 6.61 Å². The Bertz CT molecular complexity index is 1260. The Labute approximate surface area is 268 Å². The molecule has 14 heteroatoms. The fourth-order valence-corrected chi connectivity index (χ4v) is 4.59. The van der Waals surface area contributed by atoms with Crippen LogP contribution in [0.5, 0.6) is 0 Å². The largest absolute Gasteiger partial charge is 0.463 e. The van der Waals surface area contributed by atoms with E-state index in [0.717, 1.165) is 20.8 Å². The summed E-state index contributed by atoms with van der Waals surface area (Å²) in [7, 11) is 0. The van der Waals surface area contributed by atoms with E-state index in [4.69, 9.17) is 33.2 Å². The number of carbonyl (C=O) groups is 6. The van der Waals surface area contributed by atoms with Crippen LogP contribution in [0.15, 0.2) is 24.3 Å². The van der Waals surface area contributed by atoms with Gasteiger partial charge in [0.2, 0.25) is 0 Å². The third-order valence-corrected chi connectivity index (χ3v) is 6.12. The van der Waals surface area contributed by atoms with E-state index in [0.29, 0.717) is 11.1 Å². The normalized spacial score (nSPS) is 22.0. The van der Waals surface area contributed by atoms with E-state index in [1.165, 1.54) is 6.92 Å². The van der Waals surface area contributed by atoms with Gasteiger partial charge >= 0.3 is 35.9 Å². The Morgan fingerprint density at radius 3 is 1.70 bits per heavy atom. The molecule has 1 amide bonds. The molecule has 0 radical (unpaired) electrons. The van der Waals surface area contributed by atoms with Crippen LogP contribution in [0, 0.1) is 0 Å². The second-order valence-electron chi connectivity index (χ2n) is 12.8. The minimum Gasteiger partial charge on any atom is -0.463 e. The zero-order chi connectivity index (χ0) is 35.0. The third kappa shape index (κ3) is 12.7. The van der Waals surface area contributed by atoms with Crippen LogP contribution in [0.2, 0.25) is 0 Å². The number of alkyl carbamates (subject to hydrolysis) is 1. The van der Waals surface area contributed by atoms with Crippen molar-refractivity contribution in [2.45, 2.75) is 123 Å². The molecule has 14 nitrogen and oxygen atoms in total. The van der Waals surface area contributed by atoms with E-state index in [9.17, 15) is 28.8 Å².